The highest BCUT2D eigenvalue weighted by atomic mass is 19.4. The zero-order valence-corrected chi connectivity index (χ0v) is 14.1. The maximum absolute atomic E-state index is 12.5. The molecular formula is C16H14F3N5O3. The van der Waals surface area contributed by atoms with Gasteiger partial charge in [-0.3, -0.25) is 4.79 Å². The zero-order chi connectivity index (χ0) is 19.4. The van der Waals surface area contributed by atoms with Crippen LogP contribution in [0.1, 0.15) is 41.3 Å². The van der Waals surface area contributed by atoms with Gasteiger partial charge in [-0.25, -0.2) is 0 Å². The van der Waals surface area contributed by atoms with Gasteiger partial charge in [0.1, 0.15) is 0 Å². The first-order valence-electron chi connectivity index (χ1n) is 7.98. The van der Waals surface area contributed by atoms with Crippen LogP contribution >= 0.6 is 0 Å². The molecule has 1 aromatic carbocycles. The third-order valence-electron chi connectivity index (χ3n) is 3.44. The second kappa shape index (κ2) is 7.56. The molecule has 11 heteroatoms. The number of carbonyl (C=O) groups is 1. The monoisotopic (exact) mass is 381 g/mol. The number of nitrogens with zero attached hydrogens (tertiary/aromatic N) is 4. The second-order valence-corrected chi connectivity index (χ2v) is 5.57. The first kappa shape index (κ1) is 18.5. The van der Waals surface area contributed by atoms with Crippen LogP contribution in [0.2, 0.25) is 0 Å². The number of amides is 1. The average molecular weight is 381 g/mol. The summed E-state index contributed by atoms with van der Waals surface area (Å²) in [5, 5.41) is 9.69. The van der Waals surface area contributed by atoms with Gasteiger partial charge in [0, 0.05) is 18.5 Å². The minimum Gasteiger partial charge on any atom is -0.348 e. The molecule has 3 aromatic rings. The second-order valence-electron chi connectivity index (χ2n) is 5.57. The van der Waals surface area contributed by atoms with Crippen LogP contribution in [-0.4, -0.2) is 32.7 Å². The highest BCUT2D eigenvalue weighted by molar-refractivity contribution is 5.89. The molecule has 0 bridgehead atoms. The summed E-state index contributed by atoms with van der Waals surface area (Å²) in [6, 6.07) is 6.42. The van der Waals surface area contributed by atoms with Gasteiger partial charge in [-0.2, -0.15) is 23.1 Å². The predicted octanol–water partition coefficient (Wildman–Crippen LogP) is 2.87. The molecule has 0 fully saturated rings. The van der Waals surface area contributed by atoms with E-state index in [9.17, 15) is 18.0 Å². The number of hydrogen-bond donors (Lipinski definition) is 1. The number of hydrogen-bond acceptors (Lipinski definition) is 7. The summed E-state index contributed by atoms with van der Waals surface area (Å²) in [6.07, 6.45) is -3.63. The van der Waals surface area contributed by atoms with Crippen LogP contribution in [0, 0.1) is 0 Å². The van der Waals surface area contributed by atoms with E-state index < -0.39 is 18.0 Å². The molecule has 1 N–H and O–H groups in total. The van der Waals surface area contributed by atoms with Crippen molar-refractivity contribution in [1.82, 2.24) is 25.6 Å². The summed E-state index contributed by atoms with van der Waals surface area (Å²) in [5.41, 5.74) is 1.13. The van der Waals surface area contributed by atoms with Gasteiger partial charge >= 0.3 is 23.9 Å². The lowest BCUT2D eigenvalue weighted by atomic mass is 10.1. The maximum Gasteiger partial charge on any atom is 0.471 e. The van der Waals surface area contributed by atoms with Crippen molar-refractivity contribution in [2.24, 2.45) is 0 Å². The van der Waals surface area contributed by atoms with E-state index >= 15 is 0 Å². The van der Waals surface area contributed by atoms with Crippen LogP contribution in [0.15, 0.2) is 33.3 Å². The van der Waals surface area contributed by atoms with E-state index in [1.165, 1.54) is 0 Å². The topological polar surface area (TPSA) is 107 Å². The minimum absolute atomic E-state index is 0.124. The molecule has 0 aliphatic carbocycles. The number of benzene rings is 1. The Bertz CT molecular complexity index is 918. The van der Waals surface area contributed by atoms with Crippen LogP contribution in [0.5, 0.6) is 0 Å². The van der Waals surface area contributed by atoms with E-state index in [4.69, 9.17) is 4.52 Å². The molecule has 1 amide bonds. The number of rotatable bonds is 6. The smallest absolute Gasteiger partial charge is 0.348 e. The van der Waals surface area contributed by atoms with E-state index in [0.717, 1.165) is 12.0 Å². The minimum atomic E-state index is -4.69. The summed E-state index contributed by atoms with van der Waals surface area (Å²) in [5.74, 6) is -1.82. The number of nitrogens with one attached hydrogen (secondary N) is 1. The Hall–Kier alpha value is -3.24. The van der Waals surface area contributed by atoms with Crippen LogP contribution in [0.25, 0.3) is 11.4 Å². The Balaban J connectivity index is 1.67. The predicted molar refractivity (Wildman–Crippen MR) is 84.5 cm³/mol. The fraction of sp³-hybridized carbons (Fsp3) is 0.312. The van der Waals surface area contributed by atoms with E-state index in [1.807, 2.05) is 6.92 Å². The molecule has 0 unspecified atom stereocenters. The molecule has 0 atom stereocenters. The molecule has 142 valence electrons. The van der Waals surface area contributed by atoms with Crippen LogP contribution in [0.4, 0.5) is 13.2 Å². The molecular weight excluding hydrogens is 367 g/mol. The molecule has 8 nitrogen and oxygen atoms in total. The number of aromatic nitrogens is 4. The first-order chi connectivity index (χ1) is 12.9. The molecule has 0 spiro atoms. The van der Waals surface area contributed by atoms with Crippen LogP contribution in [0.3, 0.4) is 0 Å². The van der Waals surface area contributed by atoms with Gasteiger partial charge in [0.05, 0.1) is 0 Å². The van der Waals surface area contributed by atoms with Crippen molar-refractivity contribution in [1.29, 1.82) is 0 Å². The van der Waals surface area contributed by atoms with E-state index in [1.54, 1.807) is 24.3 Å². The lowest BCUT2D eigenvalue weighted by molar-refractivity contribution is -0.159. The molecule has 3 rings (SSSR count). The molecule has 0 saturated carbocycles. The van der Waals surface area contributed by atoms with Crippen LogP contribution in [-0.2, 0) is 12.6 Å². The highest BCUT2D eigenvalue weighted by Gasteiger charge is 2.38. The lowest BCUT2D eigenvalue weighted by Crippen LogP contribution is -2.24. The van der Waals surface area contributed by atoms with Crippen molar-refractivity contribution in [2.75, 3.05) is 6.54 Å². The molecule has 0 aliphatic rings. The largest absolute Gasteiger partial charge is 0.471 e. The van der Waals surface area contributed by atoms with Gasteiger partial charge in [0.25, 0.3) is 0 Å². The van der Waals surface area contributed by atoms with Gasteiger partial charge in [0.2, 0.25) is 5.82 Å². The van der Waals surface area contributed by atoms with E-state index in [0.29, 0.717) is 17.9 Å². The average Bonchev–Trinajstić information content (AvgIpc) is 3.30. The summed E-state index contributed by atoms with van der Waals surface area (Å²) >= 11 is 0. The number of alkyl halides is 3. The number of halogens is 3. The Morgan fingerprint density at radius 1 is 1.11 bits per heavy atom. The van der Waals surface area contributed by atoms with Gasteiger partial charge < -0.3 is 14.4 Å². The van der Waals surface area contributed by atoms with E-state index in [2.05, 4.69) is 30.1 Å². The molecule has 2 aromatic heterocycles. The van der Waals surface area contributed by atoms with Crippen molar-refractivity contribution in [3.63, 3.8) is 0 Å². The quantitative estimate of drug-likeness (QED) is 0.700. The standard InChI is InChI=1S/C16H14F3N5O3/c1-2-7-20-13(25)14-21-11(23-26-14)8-9-3-5-10(6-4-9)12-22-15(27-24-12)16(17,18)19/h3-6H,2,7-8H2,1H3,(H,20,25). The lowest BCUT2D eigenvalue weighted by Gasteiger charge is -1.99. The van der Waals surface area contributed by atoms with Crippen molar-refractivity contribution in [3.8, 4) is 11.4 Å². The molecule has 27 heavy (non-hydrogen) atoms. The summed E-state index contributed by atoms with van der Waals surface area (Å²) in [7, 11) is 0. The van der Waals surface area contributed by atoms with Gasteiger partial charge in [-0.1, -0.05) is 41.5 Å². The van der Waals surface area contributed by atoms with Crippen LogP contribution < -0.4 is 5.32 Å². The Morgan fingerprint density at radius 2 is 1.85 bits per heavy atom. The molecule has 2 heterocycles. The molecule has 0 saturated heterocycles. The molecule has 0 radical (unpaired) electrons. The fourth-order valence-electron chi connectivity index (χ4n) is 2.14. The SMILES string of the molecule is CCCNC(=O)c1nc(Cc2ccc(-c3noc(C(F)(F)F)n3)cc2)no1. The third kappa shape index (κ3) is 4.49. The van der Waals surface area contributed by atoms with Gasteiger partial charge in [-0.15, -0.1) is 0 Å². The third-order valence-corrected chi connectivity index (χ3v) is 3.44. The Labute approximate surface area is 150 Å². The summed E-state index contributed by atoms with van der Waals surface area (Å²) < 4.78 is 46.6. The van der Waals surface area contributed by atoms with Gasteiger partial charge in [-0.05, 0) is 12.0 Å². The maximum atomic E-state index is 12.5. The Morgan fingerprint density at radius 3 is 2.48 bits per heavy atom. The summed E-state index contributed by atoms with van der Waals surface area (Å²) in [6.45, 7) is 2.42. The van der Waals surface area contributed by atoms with Crippen molar-refractivity contribution >= 4 is 5.91 Å². The van der Waals surface area contributed by atoms with E-state index in [-0.39, 0.29) is 18.1 Å². The normalized spacial score (nSPS) is 11.6. The number of carbonyl (C=O) groups excluding carboxylic acids is 1. The van der Waals surface area contributed by atoms with Crippen molar-refractivity contribution < 1.29 is 27.0 Å². The molecule has 0 aliphatic heterocycles. The zero-order valence-electron chi connectivity index (χ0n) is 14.1. The fourth-order valence-corrected chi connectivity index (χ4v) is 2.14. The van der Waals surface area contributed by atoms with Gasteiger partial charge in [0.15, 0.2) is 5.82 Å². The van der Waals surface area contributed by atoms with Crippen molar-refractivity contribution in [3.05, 3.63) is 47.4 Å². The highest BCUT2D eigenvalue weighted by Crippen LogP contribution is 2.29. The first-order valence-corrected chi connectivity index (χ1v) is 7.98. The van der Waals surface area contributed by atoms with Crippen molar-refractivity contribution in [2.45, 2.75) is 25.9 Å². The summed E-state index contributed by atoms with van der Waals surface area (Å²) in [4.78, 5) is 19.1. The Kier molecular flexibility index (Phi) is 5.19.